The van der Waals surface area contributed by atoms with Crippen molar-refractivity contribution in [1.82, 2.24) is 0 Å². The molecule has 0 bridgehead atoms. The molecule has 0 spiro atoms. The third kappa shape index (κ3) is 3.38. The fraction of sp³-hybridized carbons (Fsp3) is 0.857. The van der Waals surface area contributed by atoms with E-state index in [2.05, 4.69) is 30.8 Å². The van der Waals surface area contributed by atoms with Crippen molar-refractivity contribution in [3.8, 4) is 0 Å². The number of carbonyl (C=O) groups excluding carboxylic acids is 2. The molecule has 1 aliphatic rings. The predicted molar refractivity (Wildman–Crippen MR) is 69.9 cm³/mol. The van der Waals surface area contributed by atoms with Crippen LogP contribution in [-0.4, -0.2) is 24.2 Å². The van der Waals surface area contributed by atoms with Crippen LogP contribution in [0.2, 0.25) is 0 Å². The van der Waals surface area contributed by atoms with E-state index < -0.39 is 0 Å². The highest BCUT2D eigenvalue weighted by molar-refractivity contribution is 5.35. The van der Waals surface area contributed by atoms with Crippen molar-refractivity contribution in [2.24, 2.45) is 20.8 Å². The number of isocyanates is 2. The summed E-state index contributed by atoms with van der Waals surface area (Å²) in [6.07, 6.45) is 6.78. The molecule has 2 unspecified atom stereocenters. The first-order valence-electron chi connectivity index (χ1n) is 6.43. The summed E-state index contributed by atoms with van der Waals surface area (Å²) in [4.78, 5) is 28.9. The summed E-state index contributed by atoms with van der Waals surface area (Å²) < 4.78 is 0. The number of nitrogens with zero attached hydrogens (tertiary/aromatic N) is 2. The van der Waals surface area contributed by atoms with Gasteiger partial charge in [0, 0.05) is 0 Å². The van der Waals surface area contributed by atoms with Gasteiger partial charge in [-0.05, 0) is 36.5 Å². The molecule has 0 N–H and O–H groups in total. The van der Waals surface area contributed by atoms with Crippen LogP contribution in [0.1, 0.15) is 53.4 Å². The van der Waals surface area contributed by atoms with Crippen LogP contribution < -0.4 is 0 Å². The van der Waals surface area contributed by atoms with E-state index in [-0.39, 0.29) is 16.4 Å². The minimum Gasteiger partial charge on any atom is -0.211 e. The largest absolute Gasteiger partial charge is 0.235 e. The average molecular weight is 250 g/mol. The molecule has 2 atom stereocenters. The molecule has 1 saturated carbocycles. The highest BCUT2D eigenvalue weighted by Crippen LogP contribution is 2.52. The molecule has 0 saturated heterocycles. The van der Waals surface area contributed by atoms with Crippen molar-refractivity contribution in [1.29, 1.82) is 0 Å². The zero-order valence-electron chi connectivity index (χ0n) is 11.7. The lowest BCUT2D eigenvalue weighted by Gasteiger charge is -2.50. The molecule has 0 aliphatic heterocycles. The maximum atomic E-state index is 10.7. The SMILES string of the molecule is CCC1(N=C=O)CC(C)(C)CC(C)(CN=C=O)C1. The lowest BCUT2D eigenvalue weighted by molar-refractivity contribution is 0.0417. The first-order chi connectivity index (χ1) is 8.30. The Hall–Kier alpha value is -1.24. The first-order valence-corrected chi connectivity index (χ1v) is 6.43. The second-order valence-corrected chi connectivity index (χ2v) is 6.69. The van der Waals surface area contributed by atoms with E-state index >= 15 is 0 Å². The Morgan fingerprint density at radius 3 is 2.22 bits per heavy atom. The summed E-state index contributed by atoms with van der Waals surface area (Å²) in [5, 5.41) is 0. The van der Waals surface area contributed by atoms with E-state index in [0.29, 0.717) is 6.54 Å². The van der Waals surface area contributed by atoms with Crippen LogP contribution in [-0.2, 0) is 9.59 Å². The Bertz CT molecular complexity index is 406. The molecule has 0 radical (unpaired) electrons. The third-order valence-corrected chi connectivity index (χ3v) is 3.94. The summed E-state index contributed by atoms with van der Waals surface area (Å²) in [6, 6.07) is 0. The van der Waals surface area contributed by atoms with Crippen LogP contribution in [0.15, 0.2) is 9.98 Å². The molecule has 1 rings (SSSR count). The molecule has 0 heterocycles. The molecular formula is C14H22N2O2. The van der Waals surface area contributed by atoms with Crippen LogP contribution in [0, 0.1) is 10.8 Å². The number of hydrogen-bond acceptors (Lipinski definition) is 4. The van der Waals surface area contributed by atoms with Crippen LogP contribution in [0.3, 0.4) is 0 Å². The second kappa shape index (κ2) is 5.17. The van der Waals surface area contributed by atoms with Crippen molar-refractivity contribution >= 4 is 12.2 Å². The van der Waals surface area contributed by atoms with Gasteiger partial charge in [-0.15, -0.1) is 0 Å². The van der Waals surface area contributed by atoms with Crippen molar-refractivity contribution in [2.75, 3.05) is 6.54 Å². The lowest BCUT2D eigenvalue weighted by atomic mass is 9.57. The fourth-order valence-electron chi connectivity index (χ4n) is 3.87. The number of rotatable bonds is 4. The smallest absolute Gasteiger partial charge is 0.211 e. The van der Waals surface area contributed by atoms with Gasteiger partial charge in [-0.25, -0.2) is 14.6 Å². The predicted octanol–water partition coefficient (Wildman–Crippen LogP) is 3.02. The van der Waals surface area contributed by atoms with Crippen LogP contribution in [0.25, 0.3) is 0 Å². The zero-order chi connectivity index (χ0) is 13.9. The van der Waals surface area contributed by atoms with Gasteiger partial charge in [0.15, 0.2) is 0 Å². The molecular weight excluding hydrogens is 228 g/mol. The monoisotopic (exact) mass is 250 g/mol. The van der Waals surface area contributed by atoms with Crippen molar-refractivity contribution in [3.63, 3.8) is 0 Å². The molecule has 1 aliphatic carbocycles. The maximum Gasteiger partial charge on any atom is 0.235 e. The Kier molecular flexibility index (Phi) is 4.26. The standard InChI is InChI=1S/C14H22N2O2/c1-5-14(16-11-18)7-12(2,3)6-13(4,8-14)9-15-10-17/h5-9H2,1-4H3. The fourth-order valence-corrected chi connectivity index (χ4v) is 3.87. The molecule has 0 amide bonds. The van der Waals surface area contributed by atoms with Crippen molar-refractivity contribution < 1.29 is 9.59 Å². The van der Waals surface area contributed by atoms with Crippen LogP contribution >= 0.6 is 0 Å². The van der Waals surface area contributed by atoms with Crippen LogP contribution in [0.4, 0.5) is 0 Å². The average Bonchev–Trinajstić information content (AvgIpc) is 2.24. The minimum atomic E-state index is -0.351. The first kappa shape index (κ1) is 14.8. The Balaban J connectivity index is 3.10. The summed E-state index contributed by atoms with van der Waals surface area (Å²) in [5.41, 5.74) is -0.367. The molecule has 0 aromatic carbocycles. The summed E-state index contributed by atoms with van der Waals surface area (Å²) >= 11 is 0. The van der Waals surface area contributed by atoms with Gasteiger partial charge in [0.1, 0.15) is 0 Å². The van der Waals surface area contributed by atoms with E-state index in [9.17, 15) is 9.59 Å². The van der Waals surface area contributed by atoms with Crippen molar-refractivity contribution in [2.45, 2.75) is 58.9 Å². The molecule has 4 heteroatoms. The second-order valence-electron chi connectivity index (χ2n) is 6.69. The Morgan fingerprint density at radius 1 is 1.06 bits per heavy atom. The topological polar surface area (TPSA) is 58.9 Å². The quantitative estimate of drug-likeness (QED) is 0.568. The Morgan fingerprint density at radius 2 is 1.72 bits per heavy atom. The maximum absolute atomic E-state index is 10.7. The van der Waals surface area contributed by atoms with E-state index in [0.717, 1.165) is 25.7 Å². The van der Waals surface area contributed by atoms with Crippen molar-refractivity contribution in [3.05, 3.63) is 0 Å². The number of aliphatic imine (C=N–C) groups is 2. The minimum absolute atomic E-state index is 0.0851. The van der Waals surface area contributed by atoms with E-state index in [4.69, 9.17) is 0 Å². The van der Waals surface area contributed by atoms with Gasteiger partial charge in [-0.2, -0.15) is 4.99 Å². The molecule has 18 heavy (non-hydrogen) atoms. The molecule has 4 nitrogen and oxygen atoms in total. The summed E-state index contributed by atoms with van der Waals surface area (Å²) in [5.74, 6) is 0. The molecule has 1 fully saturated rings. The summed E-state index contributed by atoms with van der Waals surface area (Å²) in [7, 11) is 0. The van der Waals surface area contributed by atoms with Gasteiger partial charge in [-0.1, -0.05) is 27.7 Å². The van der Waals surface area contributed by atoms with Gasteiger partial charge in [0.25, 0.3) is 0 Å². The third-order valence-electron chi connectivity index (χ3n) is 3.94. The van der Waals surface area contributed by atoms with Gasteiger partial charge < -0.3 is 0 Å². The molecule has 0 aromatic rings. The van der Waals surface area contributed by atoms with Gasteiger partial charge in [0.05, 0.1) is 12.1 Å². The van der Waals surface area contributed by atoms with Gasteiger partial charge in [-0.3, -0.25) is 0 Å². The zero-order valence-corrected chi connectivity index (χ0v) is 11.7. The summed E-state index contributed by atoms with van der Waals surface area (Å²) in [6.45, 7) is 8.97. The van der Waals surface area contributed by atoms with E-state index in [1.54, 1.807) is 12.2 Å². The molecule has 0 aromatic heterocycles. The number of hydrogen-bond donors (Lipinski definition) is 0. The van der Waals surface area contributed by atoms with Gasteiger partial charge >= 0.3 is 0 Å². The lowest BCUT2D eigenvalue weighted by Crippen LogP contribution is -2.46. The molecule has 100 valence electrons. The van der Waals surface area contributed by atoms with E-state index in [1.807, 2.05) is 6.92 Å². The van der Waals surface area contributed by atoms with E-state index in [1.165, 1.54) is 0 Å². The van der Waals surface area contributed by atoms with Crippen LogP contribution in [0.5, 0.6) is 0 Å². The Labute approximate surface area is 109 Å². The highest BCUT2D eigenvalue weighted by Gasteiger charge is 2.48. The normalized spacial score (nSPS) is 34.2. The highest BCUT2D eigenvalue weighted by atomic mass is 16.1. The van der Waals surface area contributed by atoms with Gasteiger partial charge in [0.2, 0.25) is 12.2 Å².